The van der Waals surface area contributed by atoms with E-state index in [2.05, 4.69) is 5.32 Å². The number of methoxy groups -OCH3 is 4. The van der Waals surface area contributed by atoms with Crippen LogP contribution in [0, 0.1) is 6.92 Å². The molecular weight excluding hydrogens is 360 g/mol. The summed E-state index contributed by atoms with van der Waals surface area (Å²) in [6.45, 7) is 5.01. The van der Waals surface area contributed by atoms with E-state index in [1.807, 2.05) is 6.92 Å². The molecule has 0 fully saturated rings. The summed E-state index contributed by atoms with van der Waals surface area (Å²) in [7, 11) is 6.19. The van der Waals surface area contributed by atoms with Crippen molar-refractivity contribution < 1.29 is 23.7 Å². The van der Waals surface area contributed by atoms with Crippen LogP contribution in [0.4, 0.5) is 0 Å². The Morgan fingerprint density at radius 1 is 0.893 bits per heavy atom. The van der Waals surface area contributed by atoms with Gasteiger partial charge in [0.15, 0.2) is 11.5 Å². The van der Waals surface area contributed by atoms with Crippen molar-refractivity contribution in [2.75, 3.05) is 41.5 Å². The molecular formula is C21H34N2O5. The van der Waals surface area contributed by atoms with Gasteiger partial charge in [-0.25, -0.2) is 0 Å². The molecule has 1 rings (SSSR count). The number of benzene rings is 1. The first-order chi connectivity index (χ1) is 13.5. The van der Waals surface area contributed by atoms with E-state index in [0.29, 0.717) is 47.2 Å². The van der Waals surface area contributed by atoms with Crippen LogP contribution in [-0.2, 0) is 4.79 Å². The summed E-state index contributed by atoms with van der Waals surface area (Å²) in [4.78, 5) is 12.5. The third-order valence-corrected chi connectivity index (χ3v) is 4.56. The third-order valence-electron chi connectivity index (χ3n) is 4.56. The molecule has 0 saturated heterocycles. The molecule has 0 spiro atoms. The van der Waals surface area contributed by atoms with Gasteiger partial charge in [0.05, 0.1) is 28.4 Å². The number of ether oxygens (including phenoxy) is 4. The molecule has 7 heteroatoms. The summed E-state index contributed by atoms with van der Waals surface area (Å²) in [5, 5.41) is 2.95. The van der Waals surface area contributed by atoms with E-state index in [1.165, 1.54) is 7.11 Å². The van der Waals surface area contributed by atoms with Crippen molar-refractivity contribution in [3.8, 4) is 23.0 Å². The number of carbonyl (C=O) groups is 1. The second-order valence-corrected chi connectivity index (χ2v) is 6.46. The maximum atomic E-state index is 12.5. The number of hydrogen-bond donors (Lipinski definition) is 2. The van der Waals surface area contributed by atoms with E-state index in [9.17, 15) is 4.79 Å². The fraction of sp³-hybridized carbons (Fsp3) is 0.571. The molecule has 0 unspecified atom stereocenters. The highest BCUT2D eigenvalue weighted by Gasteiger charge is 2.24. The topological polar surface area (TPSA) is 92.0 Å². The molecule has 0 bridgehead atoms. The van der Waals surface area contributed by atoms with E-state index in [4.69, 9.17) is 24.7 Å². The van der Waals surface area contributed by atoms with Gasteiger partial charge in [-0.3, -0.25) is 4.79 Å². The van der Waals surface area contributed by atoms with Crippen LogP contribution in [0.2, 0.25) is 0 Å². The summed E-state index contributed by atoms with van der Waals surface area (Å²) in [5.41, 5.74) is 7.57. The second-order valence-electron chi connectivity index (χ2n) is 6.46. The number of hydrogen-bond acceptors (Lipinski definition) is 6. The second kappa shape index (κ2) is 12.1. The zero-order valence-electron chi connectivity index (χ0n) is 17.9. The van der Waals surface area contributed by atoms with Crippen LogP contribution in [0.15, 0.2) is 5.57 Å². The monoisotopic (exact) mass is 394 g/mol. The molecule has 1 aromatic carbocycles. The van der Waals surface area contributed by atoms with Crippen LogP contribution >= 0.6 is 0 Å². The van der Waals surface area contributed by atoms with Gasteiger partial charge in [-0.1, -0.05) is 12.8 Å². The summed E-state index contributed by atoms with van der Waals surface area (Å²) in [5.74, 6) is 1.79. The van der Waals surface area contributed by atoms with Gasteiger partial charge in [0.1, 0.15) is 0 Å². The summed E-state index contributed by atoms with van der Waals surface area (Å²) >= 11 is 0. The predicted octanol–water partition coefficient (Wildman–Crippen LogP) is 3.07. The van der Waals surface area contributed by atoms with Gasteiger partial charge in [0.2, 0.25) is 17.4 Å². The van der Waals surface area contributed by atoms with Crippen LogP contribution in [-0.4, -0.2) is 47.4 Å². The molecule has 1 aromatic rings. The van der Waals surface area contributed by atoms with Crippen LogP contribution in [0.3, 0.4) is 0 Å². The molecule has 3 N–H and O–H groups in total. The van der Waals surface area contributed by atoms with E-state index in [0.717, 1.165) is 31.2 Å². The summed E-state index contributed by atoms with van der Waals surface area (Å²) in [6, 6.07) is 0. The lowest BCUT2D eigenvalue weighted by atomic mass is 10.0. The highest BCUT2D eigenvalue weighted by atomic mass is 16.5. The van der Waals surface area contributed by atoms with Crippen molar-refractivity contribution in [3.05, 3.63) is 16.7 Å². The van der Waals surface area contributed by atoms with E-state index in [1.54, 1.807) is 34.3 Å². The lowest BCUT2D eigenvalue weighted by Crippen LogP contribution is -2.25. The predicted molar refractivity (Wildman–Crippen MR) is 112 cm³/mol. The normalized spacial score (nSPS) is 11.2. The average Bonchev–Trinajstić information content (AvgIpc) is 2.70. The minimum atomic E-state index is -0.117. The number of rotatable bonds is 12. The Balaban J connectivity index is 3.09. The number of nitrogens with one attached hydrogen (secondary N) is 1. The lowest BCUT2D eigenvalue weighted by molar-refractivity contribution is -0.117. The van der Waals surface area contributed by atoms with Crippen molar-refractivity contribution in [1.29, 1.82) is 0 Å². The largest absolute Gasteiger partial charge is 0.492 e. The minimum Gasteiger partial charge on any atom is -0.492 e. The maximum absolute atomic E-state index is 12.5. The molecule has 7 nitrogen and oxygen atoms in total. The summed E-state index contributed by atoms with van der Waals surface area (Å²) in [6.07, 6.45) is 5.88. The number of nitrogens with two attached hydrogens (primary N) is 1. The molecule has 158 valence electrons. The van der Waals surface area contributed by atoms with Gasteiger partial charge >= 0.3 is 0 Å². The van der Waals surface area contributed by atoms with Gasteiger partial charge in [0.25, 0.3) is 0 Å². The van der Waals surface area contributed by atoms with Crippen LogP contribution in [0.1, 0.15) is 43.7 Å². The molecule has 0 aliphatic heterocycles. The summed E-state index contributed by atoms with van der Waals surface area (Å²) < 4.78 is 22.0. The van der Waals surface area contributed by atoms with Gasteiger partial charge in [0, 0.05) is 23.2 Å². The number of amides is 1. The Kier molecular flexibility index (Phi) is 10.2. The molecule has 0 aromatic heterocycles. The van der Waals surface area contributed by atoms with Crippen LogP contribution in [0.25, 0.3) is 6.08 Å². The first-order valence-corrected chi connectivity index (χ1v) is 9.49. The molecule has 0 aliphatic rings. The highest BCUT2D eigenvalue weighted by Crippen LogP contribution is 2.49. The van der Waals surface area contributed by atoms with Crippen molar-refractivity contribution in [3.63, 3.8) is 0 Å². The average molecular weight is 395 g/mol. The zero-order chi connectivity index (χ0) is 21.1. The third kappa shape index (κ3) is 5.79. The van der Waals surface area contributed by atoms with E-state index >= 15 is 0 Å². The fourth-order valence-corrected chi connectivity index (χ4v) is 3.03. The highest BCUT2D eigenvalue weighted by molar-refractivity contribution is 5.98. The van der Waals surface area contributed by atoms with Crippen molar-refractivity contribution in [2.45, 2.75) is 39.5 Å². The van der Waals surface area contributed by atoms with Crippen molar-refractivity contribution in [1.82, 2.24) is 5.32 Å². The van der Waals surface area contributed by atoms with E-state index in [-0.39, 0.29) is 5.91 Å². The fourth-order valence-electron chi connectivity index (χ4n) is 3.03. The smallest absolute Gasteiger partial charge is 0.246 e. The first-order valence-electron chi connectivity index (χ1n) is 9.49. The van der Waals surface area contributed by atoms with Crippen LogP contribution in [0.5, 0.6) is 23.0 Å². The molecule has 0 saturated carbocycles. The van der Waals surface area contributed by atoms with E-state index < -0.39 is 0 Å². The van der Waals surface area contributed by atoms with Gasteiger partial charge in [-0.2, -0.15) is 0 Å². The number of unbranched alkanes of at least 4 members (excludes halogenated alkanes) is 3. The number of carbonyl (C=O) groups excluding carboxylic acids is 1. The maximum Gasteiger partial charge on any atom is 0.246 e. The molecule has 28 heavy (non-hydrogen) atoms. The molecule has 0 heterocycles. The standard InChI is InChI=1S/C21H34N2O5/c1-14(21(24)23-12-10-8-7-9-11-22)13-16-15(2)17(25-3)19(27-5)20(28-6)18(16)26-4/h13H,7-12,22H2,1-6H3,(H,23,24)/b14-13+. The van der Waals surface area contributed by atoms with Gasteiger partial charge in [-0.05, 0) is 39.3 Å². The van der Waals surface area contributed by atoms with Gasteiger partial charge < -0.3 is 30.0 Å². The SMILES string of the molecule is COc1c(C)c(/C=C(\C)C(=O)NCCCCCCN)c(OC)c(OC)c1OC. The van der Waals surface area contributed by atoms with Crippen molar-refractivity contribution in [2.24, 2.45) is 5.73 Å². The Labute approximate surface area is 168 Å². The van der Waals surface area contributed by atoms with Gasteiger partial charge in [-0.15, -0.1) is 0 Å². The first kappa shape index (κ1) is 23.6. The molecule has 0 radical (unpaired) electrons. The Bertz CT molecular complexity index is 686. The van der Waals surface area contributed by atoms with Crippen LogP contribution < -0.4 is 30.0 Å². The minimum absolute atomic E-state index is 0.117. The molecule has 0 atom stereocenters. The van der Waals surface area contributed by atoms with Crippen molar-refractivity contribution >= 4 is 12.0 Å². The lowest BCUT2D eigenvalue weighted by Gasteiger charge is -2.20. The zero-order valence-corrected chi connectivity index (χ0v) is 17.9. The molecule has 0 aliphatic carbocycles. The Morgan fingerprint density at radius 3 is 1.96 bits per heavy atom. The Morgan fingerprint density at radius 2 is 1.43 bits per heavy atom. The Hall–Kier alpha value is -2.41. The quantitative estimate of drug-likeness (QED) is 0.418. The molecule has 1 amide bonds.